The molecule has 0 saturated heterocycles. The number of carbonyl (C=O) groups excluding carboxylic acids is 1. The minimum atomic E-state index is -0.115. The zero-order chi connectivity index (χ0) is 18.9. The Hall–Kier alpha value is -2.83. The molecule has 0 atom stereocenters. The SMILES string of the molecule is COc1ccc(-c2noc(CCCCCNC(=O)C3=CCCCO3)n2)cc1. The van der Waals surface area contributed by atoms with Crippen molar-refractivity contribution in [3.63, 3.8) is 0 Å². The standard InChI is InChI=1S/C20H25N3O4/c1-25-16-11-9-15(10-12-16)19-22-18(27-23-19)8-3-2-5-13-21-20(24)17-7-4-6-14-26-17/h7,9-12H,2-6,8,13-14H2,1H3,(H,21,24). The Labute approximate surface area is 158 Å². The highest BCUT2D eigenvalue weighted by atomic mass is 16.5. The van der Waals surface area contributed by atoms with Gasteiger partial charge in [-0.1, -0.05) is 11.6 Å². The van der Waals surface area contributed by atoms with Crippen LogP contribution in [0.2, 0.25) is 0 Å². The Morgan fingerprint density at radius 1 is 1.22 bits per heavy atom. The smallest absolute Gasteiger partial charge is 0.286 e. The number of benzene rings is 1. The molecule has 1 N–H and O–H groups in total. The average Bonchev–Trinajstić information content (AvgIpc) is 3.20. The molecule has 7 heteroatoms. The number of carbonyl (C=O) groups is 1. The molecule has 0 spiro atoms. The van der Waals surface area contributed by atoms with Crippen LogP contribution in [-0.4, -0.2) is 36.3 Å². The molecule has 0 bridgehead atoms. The van der Waals surface area contributed by atoms with Gasteiger partial charge in [0.05, 0.1) is 13.7 Å². The zero-order valence-electron chi connectivity index (χ0n) is 15.6. The number of ether oxygens (including phenoxy) is 2. The predicted molar refractivity (Wildman–Crippen MR) is 100 cm³/mol. The lowest BCUT2D eigenvalue weighted by atomic mass is 10.2. The number of hydrogen-bond donors (Lipinski definition) is 1. The summed E-state index contributed by atoms with van der Waals surface area (Å²) in [5.41, 5.74) is 0.896. The van der Waals surface area contributed by atoms with Crippen LogP contribution in [0.1, 0.15) is 38.0 Å². The highest BCUT2D eigenvalue weighted by Gasteiger charge is 2.13. The van der Waals surface area contributed by atoms with Crippen LogP contribution in [-0.2, 0) is 16.0 Å². The number of hydrogen-bond acceptors (Lipinski definition) is 6. The first-order valence-electron chi connectivity index (χ1n) is 9.34. The molecule has 0 aliphatic carbocycles. The van der Waals surface area contributed by atoms with Crippen LogP contribution in [0.15, 0.2) is 40.6 Å². The third-order valence-corrected chi connectivity index (χ3v) is 4.33. The normalized spacial score (nSPS) is 13.6. The molecule has 0 fully saturated rings. The molecule has 2 aromatic rings. The summed E-state index contributed by atoms with van der Waals surface area (Å²) in [5.74, 6) is 2.35. The monoisotopic (exact) mass is 371 g/mol. The van der Waals surface area contributed by atoms with Gasteiger partial charge in [-0.25, -0.2) is 0 Å². The van der Waals surface area contributed by atoms with Gasteiger partial charge in [0, 0.05) is 18.5 Å². The van der Waals surface area contributed by atoms with Gasteiger partial charge in [0.2, 0.25) is 11.7 Å². The fourth-order valence-corrected chi connectivity index (χ4v) is 2.80. The molecule has 1 aliphatic heterocycles. The maximum Gasteiger partial charge on any atom is 0.286 e. The molecule has 2 heterocycles. The number of amides is 1. The fraction of sp³-hybridized carbons (Fsp3) is 0.450. The average molecular weight is 371 g/mol. The molecule has 144 valence electrons. The van der Waals surface area contributed by atoms with E-state index in [-0.39, 0.29) is 5.91 Å². The van der Waals surface area contributed by atoms with E-state index in [0.717, 1.165) is 49.8 Å². The van der Waals surface area contributed by atoms with Crippen molar-refractivity contribution < 1.29 is 18.8 Å². The van der Waals surface area contributed by atoms with E-state index in [1.165, 1.54) is 0 Å². The molecule has 1 amide bonds. The molecular weight excluding hydrogens is 346 g/mol. The largest absolute Gasteiger partial charge is 0.497 e. The highest BCUT2D eigenvalue weighted by molar-refractivity contribution is 5.91. The number of unbranched alkanes of at least 4 members (excludes halogenated alkanes) is 2. The minimum Gasteiger partial charge on any atom is -0.497 e. The zero-order valence-corrected chi connectivity index (χ0v) is 15.6. The maximum atomic E-state index is 11.9. The van der Waals surface area contributed by atoms with E-state index < -0.39 is 0 Å². The number of aromatic nitrogens is 2. The second kappa shape index (κ2) is 9.75. The molecule has 7 nitrogen and oxygen atoms in total. The molecular formula is C20H25N3O4. The van der Waals surface area contributed by atoms with Crippen molar-refractivity contribution in [3.05, 3.63) is 42.0 Å². The van der Waals surface area contributed by atoms with Gasteiger partial charge < -0.3 is 19.3 Å². The molecule has 27 heavy (non-hydrogen) atoms. The Bertz CT molecular complexity index is 768. The maximum absolute atomic E-state index is 11.9. The van der Waals surface area contributed by atoms with Crippen LogP contribution in [0.3, 0.4) is 0 Å². The summed E-state index contributed by atoms with van der Waals surface area (Å²) in [6.07, 6.45) is 7.27. The second-order valence-corrected chi connectivity index (χ2v) is 6.37. The van der Waals surface area contributed by atoms with E-state index in [1.807, 2.05) is 30.3 Å². The summed E-state index contributed by atoms with van der Waals surface area (Å²) in [4.78, 5) is 16.3. The van der Waals surface area contributed by atoms with E-state index in [2.05, 4.69) is 15.5 Å². The molecule has 3 rings (SSSR count). The van der Waals surface area contributed by atoms with Gasteiger partial charge in [0.25, 0.3) is 5.91 Å². The lowest BCUT2D eigenvalue weighted by molar-refractivity contribution is -0.121. The molecule has 0 saturated carbocycles. The van der Waals surface area contributed by atoms with Crippen molar-refractivity contribution in [1.82, 2.24) is 15.5 Å². The fourth-order valence-electron chi connectivity index (χ4n) is 2.80. The Morgan fingerprint density at radius 2 is 2.07 bits per heavy atom. The van der Waals surface area contributed by atoms with Gasteiger partial charge in [0.15, 0.2) is 5.76 Å². The van der Waals surface area contributed by atoms with Crippen LogP contribution in [0.5, 0.6) is 5.75 Å². The van der Waals surface area contributed by atoms with E-state index in [9.17, 15) is 4.79 Å². The summed E-state index contributed by atoms with van der Waals surface area (Å²) in [7, 11) is 1.63. The predicted octanol–water partition coefficient (Wildman–Crippen LogP) is 3.27. The number of nitrogens with one attached hydrogen (secondary N) is 1. The van der Waals surface area contributed by atoms with Crippen molar-refractivity contribution >= 4 is 5.91 Å². The lowest BCUT2D eigenvalue weighted by Gasteiger charge is -2.14. The van der Waals surface area contributed by atoms with Crippen molar-refractivity contribution in [3.8, 4) is 17.1 Å². The number of allylic oxidation sites excluding steroid dienone is 1. The molecule has 0 unspecified atom stereocenters. The summed E-state index contributed by atoms with van der Waals surface area (Å²) in [6, 6.07) is 7.55. The van der Waals surface area contributed by atoms with E-state index in [1.54, 1.807) is 7.11 Å². The third-order valence-electron chi connectivity index (χ3n) is 4.33. The van der Waals surface area contributed by atoms with Crippen molar-refractivity contribution in [2.45, 2.75) is 38.5 Å². The Balaban J connectivity index is 1.34. The topological polar surface area (TPSA) is 86.5 Å². The molecule has 0 radical (unpaired) electrons. The molecule has 1 aromatic carbocycles. The molecule has 1 aliphatic rings. The third kappa shape index (κ3) is 5.57. The van der Waals surface area contributed by atoms with Crippen molar-refractivity contribution in [2.24, 2.45) is 0 Å². The summed E-state index contributed by atoms with van der Waals surface area (Å²) < 4.78 is 15.8. The summed E-state index contributed by atoms with van der Waals surface area (Å²) in [5, 5.41) is 6.92. The first kappa shape index (κ1) is 18.9. The van der Waals surface area contributed by atoms with Gasteiger partial charge in [-0.15, -0.1) is 0 Å². The van der Waals surface area contributed by atoms with Crippen LogP contribution >= 0.6 is 0 Å². The second-order valence-electron chi connectivity index (χ2n) is 6.37. The summed E-state index contributed by atoms with van der Waals surface area (Å²) in [6.45, 7) is 1.27. The highest BCUT2D eigenvalue weighted by Crippen LogP contribution is 2.20. The minimum absolute atomic E-state index is 0.115. The number of methoxy groups -OCH3 is 1. The quantitative estimate of drug-likeness (QED) is 0.681. The van der Waals surface area contributed by atoms with Crippen molar-refractivity contribution in [2.75, 3.05) is 20.3 Å². The van der Waals surface area contributed by atoms with Crippen molar-refractivity contribution in [1.29, 1.82) is 0 Å². The van der Waals surface area contributed by atoms with Gasteiger partial charge in [-0.3, -0.25) is 4.79 Å². The van der Waals surface area contributed by atoms with Gasteiger partial charge in [0.1, 0.15) is 5.75 Å². The summed E-state index contributed by atoms with van der Waals surface area (Å²) >= 11 is 0. The van der Waals surface area contributed by atoms with Crippen LogP contribution in [0.4, 0.5) is 0 Å². The first-order chi connectivity index (χ1) is 13.3. The van der Waals surface area contributed by atoms with Crippen LogP contribution in [0, 0.1) is 0 Å². The Kier molecular flexibility index (Phi) is 6.84. The van der Waals surface area contributed by atoms with E-state index in [0.29, 0.717) is 30.6 Å². The number of aryl methyl sites for hydroxylation is 1. The molecule has 1 aromatic heterocycles. The van der Waals surface area contributed by atoms with Crippen LogP contribution in [0.25, 0.3) is 11.4 Å². The van der Waals surface area contributed by atoms with Gasteiger partial charge in [-0.05, 0) is 56.0 Å². The van der Waals surface area contributed by atoms with Crippen LogP contribution < -0.4 is 10.1 Å². The first-order valence-corrected chi connectivity index (χ1v) is 9.34. The van der Waals surface area contributed by atoms with Gasteiger partial charge >= 0.3 is 0 Å². The Morgan fingerprint density at radius 3 is 2.81 bits per heavy atom. The van der Waals surface area contributed by atoms with Gasteiger partial charge in [-0.2, -0.15) is 4.98 Å². The van der Waals surface area contributed by atoms with E-state index in [4.69, 9.17) is 14.0 Å². The lowest BCUT2D eigenvalue weighted by Crippen LogP contribution is -2.28. The number of nitrogens with zero attached hydrogens (tertiary/aromatic N) is 2. The van der Waals surface area contributed by atoms with E-state index >= 15 is 0 Å². The number of rotatable bonds is 9.